The van der Waals surface area contributed by atoms with Gasteiger partial charge in [0.05, 0.1) is 18.7 Å². The third-order valence-electron chi connectivity index (χ3n) is 4.17. The second-order valence-electron chi connectivity index (χ2n) is 5.86. The van der Waals surface area contributed by atoms with Gasteiger partial charge < -0.3 is 9.84 Å². The highest BCUT2D eigenvalue weighted by Gasteiger charge is 2.36. The number of nitrogens with zero attached hydrogens (tertiary/aromatic N) is 2. The van der Waals surface area contributed by atoms with Crippen molar-refractivity contribution in [3.05, 3.63) is 28.7 Å². The Bertz CT molecular complexity index is 683. The van der Waals surface area contributed by atoms with Crippen LogP contribution in [0.25, 0.3) is 6.08 Å². The van der Waals surface area contributed by atoms with Gasteiger partial charge in [-0.2, -0.15) is 0 Å². The van der Waals surface area contributed by atoms with E-state index < -0.39 is 0 Å². The first-order chi connectivity index (χ1) is 11.6. The molecule has 24 heavy (non-hydrogen) atoms. The highest BCUT2D eigenvalue weighted by atomic mass is 32.2. The maximum Gasteiger partial charge on any atom is 0.294 e. The fourth-order valence-electron chi connectivity index (χ4n) is 2.86. The lowest BCUT2D eigenvalue weighted by Gasteiger charge is -2.29. The molecule has 2 aliphatic rings. The summed E-state index contributed by atoms with van der Waals surface area (Å²) in [5.41, 5.74) is 0.702. The number of benzene rings is 1. The number of hydrogen-bond donors (Lipinski definition) is 1. The van der Waals surface area contributed by atoms with Crippen molar-refractivity contribution in [3.8, 4) is 11.5 Å². The van der Waals surface area contributed by atoms with Crippen LogP contribution in [0.3, 0.4) is 0 Å². The monoisotopic (exact) mass is 348 g/mol. The lowest BCUT2D eigenvalue weighted by molar-refractivity contribution is -0.124. The number of carbonyl (C=O) groups is 2. The Kier molecular flexibility index (Phi) is 5.11. The summed E-state index contributed by atoms with van der Waals surface area (Å²) in [5, 5.41) is 9.39. The van der Waals surface area contributed by atoms with E-state index in [4.69, 9.17) is 4.74 Å². The summed E-state index contributed by atoms with van der Waals surface area (Å²) in [6.45, 7) is 2.22. The zero-order chi connectivity index (χ0) is 17.1. The summed E-state index contributed by atoms with van der Waals surface area (Å²) < 4.78 is 5.06. The van der Waals surface area contributed by atoms with Crippen LogP contribution in [-0.2, 0) is 4.79 Å². The summed E-state index contributed by atoms with van der Waals surface area (Å²) in [6.07, 6.45) is 5.09. The number of thioether (sulfide) groups is 1. The maximum atomic E-state index is 12.5. The van der Waals surface area contributed by atoms with Gasteiger partial charge in [-0.05, 0) is 61.5 Å². The number of likely N-dealkylation sites (tertiary alicyclic amines) is 1. The fraction of sp³-hybridized carbons (Fsp3) is 0.412. The molecular formula is C17H20N2O4S. The first-order valence-corrected chi connectivity index (χ1v) is 8.75. The number of phenols is 1. The van der Waals surface area contributed by atoms with Gasteiger partial charge in [0.1, 0.15) is 0 Å². The van der Waals surface area contributed by atoms with Crippen molar-refractivity contribution in [1.82, 2.24) is 9.80 Å². The van der Waals surface area contributed by atoms with Gasteiger partial charge in [-0.25, -0.2) is 0 Å². The quantitative estimate of drug-likeness (QED) is 0.844. The van der Waals surface area contributed by atoms with Gasteiger partial charge in [0.2, 0.25) is 0 Å². The number of carbonyl (C=O) groups excluding carboxylic acids is 2. The fourth-order valence-corrected chi connectivity index (χ4v) is 3.69. The van der Waals surface area contributed by atoms with Crippen LogP contribution in [0.15, 0.2) is 23.1 Å². The summed E-state index contributed by atoms with van der Waals surface area (Å²) >= 11 is 0.951. The number of imide groups is 1. The van der Waals surface area contributed by atoms with E-state index >= 15 is 0 Å². The SMILES string of the molecule is COc1cc(/C=C2/SC(=O)N(CN3CCCCC3)C2=O)ccc1O. The van der Waals surface area contributed by atoms with Crippen LogP contribution < -0.4 is 4.74 Å². The molecule has 0 unspecified atom stereocenters. The Hall–Kier alpha value is -1.99. The van der Waals surface area contributed by atoms with Crippen LogP contribution in [-0.4, -0.2) is 52.9 Å². The van der Waals surface area contributed by atoms with Gasteiger partial charge in [-0.1, -0.05) is 12.5 Å². The van der Waals surface area contributed by atoms with E-state index in [0.717, 1.165) is 37.7 Å². The minimum atomic E-state index is -0.261. The van der Waals surface area contributed by atoms with E-state index in [1.165, 1.54) is 24.5 Å². The van der Waals surface area contributed by atoms with E-state index in [2.05, 4.69) is 4.90 Å². The van der Waals surface area contributed by atoms with Crippen molar-refractivity contribution in [2.75, 3.05) is 26.9 Å². The number of ether oxygens (including phenoxy) is 1. The lowest BCUT2D eigenvalue weighted by Crippen LogP contribution is -2.42. The molecule has 1 aromatic rings. The topological polar surface area (TPSA) is 70.1 Å². The Morgan fingerprint density at radius 3 is 2.71 bits per heavy atom. The molecule has 0 atom stereocenters. The van der Waals surface area contributed by atoms with Crippen molar-refractivity contribution in [1.29, 1.82) is 0 Å². The molecular weight excluding hydrogens is 328 g/mol. The summed E-state index contributed by atoms with van der Waals surface area (Å²) in [5.74, 6) is 0.103. The van der Waals surface area contributed by atoms with Crippen molar-refractivity contribution in [3.63, 3.8) is 0 Å². The van der Waals surface area contributed by atoms with Crippen LogP contribution in [0.4, 0.5) is 4.79 Å². The second-order valence-corrected chi connectivity index (χ2v) is 6.85. The van der Waals surface area contributed by atoms with Gasteiger partial charge in [-0.3, -0.25) is 19.4 Å². The summed E-state index contributed by atoms with van der Waals surface area (Å²) in [4.78, 5) is 28.5. The van der Waals surface area contributed by atoms with E-state index in [9.17, 15) is 14.7 Å². The van der Waals surface area contributed by atoms with Gasteiger partial charge in [0.15, 0.2) is 11.5 Å². The largest absolute Gasteiger partial charge is 0.504 e. The number of rotatable bonds is 4. The van der Waals surface area contributed by atoms with E-state index in [1.54, 1.807) is 18.2 Å². The number of amides is 2. The molecule has 3 rings (SSSR count). The molecule has 0 spiro atoms. The molecule has 2 saturated heterocycles. The molecule has 1 N–H and O–H groups in total. The zero-order valence-corrected chi connectivity index (χ0v) is 14.3. The van der Waals surface area contributed by atoms with Crippen molar-refractivity contribution < 1.29 is 19.4 Å². The average molecular weight is 348 g/mol. The van der Waals surface area contributed by atoms with Gasteiger partial charge >= 0.3 is 0 Å². The van der Waals surface area contributed by atoms with Crippen molar-refractivity contribution in [2.24, 2.45) is 0 Å². The Balaban J connectivity index is 1.75. The molecule has 6 nitrogen and oxygen atoms in total. The number of phenolic OH excluding ortho intramolecular Hbond substituents is 1. The Labute approximate surface area is 145 Å². The molecule has 2 amide bonds. The highest BCUT2D eigenvalue weighted by molar-refractivity contribution is 8.18. The molecule has 7 heteroatoms. The molecule has 0 aromatic heterocycles. The number of aromatic hydroxyl groups is 1. The van der Waals surface area contributed by atoms with Crippen LogP contribution in [0, 0.1) is 0 Å². The highest BCUT2D eigenvalue weighted by Crippen LogP contribution is 2.34. The van der Waals surface area contributed by atoms with Crippen LogP contribution >= 0.6 is 11.8 Å². The van der Waals surface area contributed by atoms with Crippen LogP contribution in [0.5, 0.6) is 11.5 Å². The van der Waals surface area contributed by atoms with E-state index in [-0.39, 0.29) is 16.9 Å². The molecule has 0 saturated carbocycles. The third kappa shape index (κ3) is 3.57. The molecule has 2 aliphatic heterocycles. The smallest absolute Gasteiger partial charge is 0.294 e. The summed E-state index contributed by atoms with van der Waals surface area (Å²) in [7, 11) is 1.46. The standard InChI is InChI=1S/C17H20N2O4S/c1-23-14-9-12(5-6-13(14)20)10-15-16(21)19(17(22)24-15)11-18-7-3-2-4-8-18/h5-6,9-10,20H,2-4,7-8,11H2,1H3/b15-10+. The first kappa shape index (κ1) is 16.9. The van der Waals surface area contributed by atoms with Crippen molar-refractivity contribution >= 4 is 29.0 Å². The number of hydrogen-bond acceptors (Lipinski definition) is 6. The maximum absolute atomic E-state index is 12.5. The van der Waals surface area contributed by atoms with Crippen LogP contribution in [0.1, 0.15) is 24.8 Å². The predicted molar refractivity (Wildman–Crippen MR) is 92.8 cm³/mol. The van der Waals surface area contributed by atoms with Gasteiger partial charge in [-0.15, -0.1) is 0 Å². The molecule has 2 fully saturated rings. The molecule has 128 valence electrons. The van der Waals surface area contributed by atoms with E-state index in [1.807, 2.05) is 0 Å². The minimum Gasteiger partial charge on any atom is -0.504 e. The Morgan fingerprint density at radius 1 is 1.25 bits per heavy atom. The second kappa shape index (κ2) is 7.27. The molecule has 0 aliphatic carbocycles. The van der Waals surface area contributed by atoms with Crippen molar-refractivity contribution in [2.45, 2.75) is 19.3 Å². The predicted octanol–water partition coefficient (Wildman–Crippen LogP) is 2.88. The Morgan fingerprint density at radius 2 is 2.00 bits per heavy atom. The molecule has 2 heterocycles. The molecule has 1 aromatic carbocycles. The lowest BCUT2D eigenvalue weighted by atomic mass is 10.1. The van der Waals surface area contributed by atoms with E-state index in [0.29, 0.717) is 22.9 Å². The molecule has 0 bridgehead atoms. The van der Waals surface area contributed by atoms with Gasteiger partial charge in [0.25, 0.3) is 11.1 Å². The van der Waals surface area contributed by atoms with Crippen LogP contribution in [0.2, 0.25) is 0 Å². The number of piperidine rings is 1. The average Bonchev–Trinajstić information content (AvgIpc) is 2.85. The van der Waals surface area contributed by atoms with Gasteiger partial charge in [0, 0.05) is 0 Å². The first-order valence-electron chi connectivity index (χ1n) is 7.93. The number of methoxy groups -OCH3 is 1. The summed E-state index contributed by atoms with van der Waals surface area (Å²) in [6, 6.07) is 4.81. The normalized spacial score (nSPS) is 20.9. The minimum absolute atomic E-state index is 0.0350. The zero-order valence-electron chi connectivity index (χ0n) is 13.5. The third-order valence-corrected chi connectivity index (χ3v) is 5.07. The molecule has 0 radical (unpaired) electrons.